The SMILES string of the molecule is O=S(O)Cc1cccc(N2CCCC2)c1. The number of hydrogen-bond acceptors (Lipinski definition) is 2. The fourth-order valence-electron chi connectivity index (χ4n) is 1.96. The van der Waals surface area contributed by atoms with Crippen molar-refractivity contribution in [1.82, 2.24) is 0 Å². The number of nitrogens with zero attached hydrogens (tertiary/aromatic N) is 1. The first-order valence-electron chi connectivity index (χ1n) is 5.17. The quantitative estimate of drug-likeness (QED) is 0.800. The Bertz CT molecular complexity index is 361. The van der Waals surface area contributed by atoms with Gasteiger partial charge in [-0.05, 0) is 30.5 Å². The van der Waals surface area contributed by atoms with Gasteiger partial charge in [-0.15, -0.1) is 0 Å². The maximum atomic E-state index is 10.7. The molecule has 1 aromatic rings. The molecule has 82 valence electrons. The third kappa shape index (κ3) is 2.79. The molecule has 1 saturated heterocycles. The molecule has 1 unspecified atom stereocenters. The van der Waals surface area contributed by atoms with E-state index in [1.54, 1.807) is 0 Å². The first-order chi connectivity index (χ1) is 7.25. The summed E-state index contributed by atoms with van der Waals surface area (Å²) in [6, 6.07) is 7.93. The average molecular weight is 225 g/mol. The van der Waals surface area contributed by atoms with E-state index in [-0.39, 0.29) is 5.75 Å². The van der Waals surface area contributed by atoms with E-state index in [1.807, 2.05) is 18.2 Å². The molecule has 15 heavy (non-hydrogen) atoms. The highest BCUT2D eigenvalue weighted by Gasteiger charge is 2.12. The second kappa shape index (κ2) is 4.77. The lowest BCUT2D eigenvalue weighted by Gasteiger charge is -2.18. The van der Waals surface area contributed by atoms with E-state index >= 15 is 0 Å². The smallest absolute Gasteiger partial charge is 0.157 e. The van der Waals surface area contributed by atoms with E-state index in [2.05, 4.69) is 11.0 Å². The number of benzene rings is 1. The van der Waals surface area contributed by atoms with Crippen LogP contribution >= 0.6 is 0 Å². The van der Waals surface area contributed by atoms with Crippen molar-refractivity contribution in [3.05, 3.63) is 29.8 Å². The maximum Gasteiger partial charge on any atom is 0.157 e. The zero-order valence-electron chi connectivity index (χ0n) is 8.56. The molecule has 1 aliphatic rings. The Morgan fingerprint density at radius 2 is 2.07 bits per heavy atom. The van der Waals surface area contributed by atoms with Gasteiger partial charge < -0.3 is 9.45 Å². The van der Waals surface area contributed by atoms with Crippen LogP contribution in [0.15, 0.2) is 24.3 Å². The van der Waals surface area contributed by atoms with Crippen molar-refractivity contribution in [1.29, 1.82) is 0 Å². The lowest BCUT2D eigenvalue weighted by atomic mass is 10.2. The third-order valence-corrected chi connectivity index (χ3v) is 3.25. The summed E-state index contributed by atoms with van der Waals surface area (Å²) in [6.07, 6.45) is 2.49. The first kappa shape index (κ1) is 10.6. The molecule has 4 heteroatoms. The number of rotatable bonds is 3. The van der Waals surface area contributed by atoms with Crippen molar-refractivity contribution in [2.24, 2.45) is 0 Å². The summed E-state index contributed by atoms with van der Waals surface area (Å²) in [7, 11) is 0. The van der Waals surface area contributed by atoms with Gasteiger partial charge in [0.2, 0.25) is 0 Å². The minimum Gasteiger partial charge on any atom is -0.372 e. The molecule has 1 atom stereocenters. The van der Waals surface area contributed by atoms with Gasteiger partial charge in [-0.3, -0.25) is 0 Å². The van der Waals surface area contributed by atoms with Gasteiger partial charge in [0.05, 0.1) is 5.75 Å². The van der Waals surface area contributed by atoms with Crippen LogP contribution in [0.4, 0.5) is 5.69 Å². The van der Waals surface area contributed by atoms with Crippen LogP contribution in [0.3, 0.4) is 0 Å². The van der Waals surface area contributed by atoms with Crippen molar-refractivity contribution < 1.29 is 8.76 Å². The van der Waals surface area contributed by atoms with Gasteiger partial charge in [-0.2, -0.15) is 0 Å². The Morgan fingerprint density at radius 1 is 1.33 bits per heavy atom. The molecular weight excluding hydrogens is 210 g/mol. The molecule has 1 heterocycles. The predicted octanol–water partition coefficient (Wildman–Crippen LogP) is 2.01. The Labute approximate surface area is 92.4 Å². The van der Waals surface area contributed by atoms with Gasteiger partial charge in [0.25, 0.3) is 0 Å². The summed E-state index contributed by atoms with van der Waals surface area (Å²) < 4.78 is 19.5. The minimum absolute atomic E-state index is 0.224. The highest BCUT2D eigenvalue weighted by Crippen LogP contribution is 2.21. The van der Waals surface area contributed by atoms with Gasteiger partial charge in [-0.25, -0.2) is 4.21 Å². The fourth-order valence-corrected chi connectivity index (χ4v) is 2.43. The van der Waals surface area contributed by atoms with Crippen molar-refractivity contribution >= 4 is 16.8 Å². The molecule has 3 nitrogen and oxygen atoms in total. The second-order valence-electron chi connectivity index (χ2n) is 3.83. The molecule has 1 fully saturated rings. The van der Waals surface area contributed by atoms with Crippen LogP contribution in [0.5, 0.6) is 0 Å². The Kier molecular flexibility index (Phi) is 3.38. The van der Waals surface area contributed by atoms with Crippen LogP contribution in [0, 0.1) is 0 Å². The van der Waals surface area contributed by atoms with E-state index in [0.717, 1.165) is 18.7 Å². The molecule has 1 aliphatic heterocycles. The van der Waals surface area contributed by atoms with Crippen LogP contribution in [-0.2, 0) is 16.8 Å². The highest BCUT2D eigenvalue weighted by atomic mass is 32.2. The second-order valence-corrected chi connectivity index (χ2v) is 4.76. The van der Waals surface area contributed by atoms with Crippen LogP contribution in [0.1, 0.15) is 18.4 Å². The lowest BCUT2D eigenvalue weighted by Crippen LogP contribution is -2.17. The van der Waals surface area contributed by atoms with Crippen LogP contribution in [0.25, 0.3) is 0 Å². The topological polar surface area (TPSA) is 40.5 Å². The summed E-state index contributed by atoms with van der Waals surface area (Å²) in [6.45, 7) is 2.21. The van der Waals surface area contributed by atoms with Crippen molar-refractivity contribution in [3.8, 4) is 0 Å². The summed E-state index contributed by atoms with van der Waals surface area (Å²) in [4.78, 5) is 2.32. The molecule has 1 N–H and O–H groups in total. The Hall–Kier alpha value is -0.870. The minimum atomic E-state index is -1.74. The lowest BCUT2D eigenvalue weighted by molar-refractivity contribution is 0.563. The predicted molar refractivity (Wildman–Crippen MR) is 62.4 cm³/mol. The van der Waals surface area contributed by atoms with E-state index in [0.29, 0.717) is 0 Å². The van der Waals surface area contributed by atoms with Gasteiger partial charge >= 0.3 is 0 Å². The highest BCUT2D eigenvalue weighted by molar-refractivity contribution is 7.78. The summed E-state index contributed by atoms with van der Waals surface area (Å²) >= 11 is -1.74. The molecule has 2 rings (SSSR count). The van der Waals surface area contributed by atoms with Gasteiger partial charge in [0, 0.05) is 18.8 Å². The Balaban J connectivity index is 2.14. The molecule has 0 radical (unpaired) electrons. The molecule has 0 bridgehead atoms. The van der Waals surface area contributed by atoms with E-state index in [9.17, 15) is 4.21 Å². The monoisotopic (exact) mass is 225 g/mol. The number of hydrogen-bond donors (Lipinski definition) is 1. The third-order valence-electron chi connectivity index (χ3n) is 2.67. The zero-order valence-corrected chi connectivity index (χ0v) is 9.37. The maximum absolute atomic E-state index is 10.7. The molecule has 0 saturated carbocycles. The average Bonchev–Trinajstić information content (AvgIpc) is 2.69. The van der Waals surface area contributed by atoms with Crippen molar-refractivity contribution in [3.63, 3.8) is 0 Å². The zero-order chi connectivity index (χ0) is 10.7. The first-order valence-corrected chi connectivity index (χ1v) is 6.44. The van der Waals surface area contributed by atoms with Crippen LogP contribution in [0.2, 0.25) is 0 Å². The molecule has 1 aromatic carbocycles. The Morgan fingerprint density at radius 3 is 2.73 bits per heavy atom. The summed E-state index contributed by atoms with van der Waals surface area (Å²) in [5.74, 6) is 0.224. The molecular formula is C11H15NO2S. The molecule has 0 aliphatic carbocycles. The summed E-state index contributed by atoms with van der Waals surface area (Å²) in [5.41, 5.74) is 2.11. The number of anilines is 1. The van der Waals surface area contributed by atoms with E-state index in [1.165, 1.54) is 18.5 Å². The summed E-state index contributed by atoms with van der Waals surface area (Å²) in [5, 5.41) is 0. The van der Waals surface area contributed by atoms with E-state index < -0.39 is 11.1 Å². The normalized spacial score (nSPS) is 18.1. The fraction of sp³-hybridized carbons (Fsp3) is 0.455. The van der Waals surface area contributed by atoms with Crippen molar-refractivity contribution in [2.75, 3.05) is 18.0 Å². The molecule has 0 amide bonds. The van der Waals surface area contributed by atoms with Gasteiger partial charge in [-0.1, -0.05) is 12.1 Å². The van der Waals surface area contributed by atoms with Gasteiger partial charge in [0.15, 0.2) is 11.1 Å². The largest absolute Gasteiger partial charge is 0.372 e. The van der Waals surface area contributed by atoms with Crippen LogP contribution in [-0.4, -0.2) is 21.9 Å². The van der Waals surface area contributed by atoms with E-state index in [4.69, 9.17) is 4.55 Å². The molecule has 0 aromatic heterocycles. The van der Waals surface area contributed by atoms with Gasteiger partial charge in [0.1, 0.15) is 0 Å². The molecule has 0 spiro atoms. The van der Waals surface area contributed by atoms with Crippen molar-refractivity contribution in [2.45, 2.75) is 18.6 Å². The standard InChI is InChI=1S/C11H15NO2S/c13-15(14)9-10-4-3-5-11(8-10)12-6-1-2-7-12/h3-5,8H,1-2,6-7,9H2,(H,13,14). The van der Waals surface area contributed by atoms with Crippen LogP contribution < -0.4 is 4.90 Å².